The standard InChI is InChI=1S/C12H14N4O3/c1-17-9-4-8(5-10(18-2)11(9)19-3)16-12-14-6-13-7-15-12/h4-7H,1-3H3,(H,13,14,15,16). The van der Waals surface area contributed by atoms with E-state index in [1.807, 2.05) is 0 Å². The molecule has 0 saturated heterocycles. The Balaban J connectivity index is 2.36. The molecule has 0 amide bonds. The number of ether oxygens (including phenoxy) is 3. The van der Waals surface area contributed by atoms with Gasteiger partial charge in [-0.1, -0.05) is 0 Å². The van der Waals surface area contributed by atoms with Crippen molar-refractivity contribution in [1.82, 2.24) is 15.0 Å². The molecule has 0 aliphatic carbocycles. The van der Waals surface area contributed by atoms with Crippen LogP contribution >= 0.6 is 0 Å². The minimum atomic E-state index is 0.435. The van der Waals surface area contributed by atoms with E-state index < -0.39 is 0 Å². The quantitative estimate of drug-likeness (QED) is 0.877. The van der Waals surface area contributed by atoms with Crippen LogP contribution in [0, 0.1) is 0 Å². The monoisotopic (exact) mass is 262 g/mol. The van der Waals surface area contributed by atoms with Crippen molar-refractivity contribution in [3.63, 3.8) is 0 Å². The molecule has 1 N–H and O–H groups in total. The largest absolute Gasteiger partial charge is 0.493 e. The zero-order valence-corrected chi connectivity index (χ0v) is 10.9. The summed E-state index contributed by atoms with van der Waals surface area (Å²) in [5.74, 6) is 2.08. The van der Waals surface area contributed by atoms with E-state index in [2.05, 4.69) is 20.3 Å². The first-order valence-corrected chi connectivity index (χ1v) is 5.47. The molecule has 19 heavy (non-hydrogen) atoms. The molecule has 0 radical (unpaired) electrons. The van der Waals surface area contributed by atoms with Crippen LogP contribution in [0.1, 0.15) is 0 Å². The van der Waals surface area contributed by atoms with Gasteiger partial charge < -0.3 is 19.5 Å². The number of benzene rings is 1. The molecular formula is C12H14N4O3. The van der Waals surface area contributed by atoms with Gasteiger partial charge in [-0.05, 0) is 0 Å². The molecule has 0 fully saturated rings. The molecule has 0 unspecified atom stereocenters. The van der Waals surface area contributed by atoms with Gasteiger partial charge in [-0.25, -0.2) is 15.0 Å². The second-order valence-corrected chi connectivity index (χ2v) is 3.50. The summed E-state index contributed by atoms with van der Waals surface area (Å²) < 4.78 is 15.8. The van der Waals surface area contributed by atoms with Crippen molar-refractivity contribution in [2.45, 2.75) is 0 Å². The van der Waals surface area contributed by atoms with Gasteiger partial charge >= 0.3 is 0 Å². The highest BCUT2D eigenvalue weighted by Crippen LogP contribution is 2.40. The van der Waals surface area contributed by atoms with Crippen LogP contribution in [0.25, 0.3) is 0 Å². The maximum atomic E-state index is 5.26. The molecule has 2 aromatic rings. The number of aromatic nitrogens is 3. The van der Waals surface area contributed by atoms with Crippen LogP contribution in [0.4, 0.5) is 11.6 Å². The number of hydrogen-bond acceptors (Lipinski definition) is 7. The number of rotatable bonds is 5. The topological polar surface area (TPSA) is 78.4 Å². The fraction of sp³-hybridized carbons (Fsp3) is 0.250. The van der Waals surface area contributed by atoms with Gasteiger partial charge in [0.05, 0.1) is 21.3 Å². The first-order chi connectivity index (χ1) is 9.28. The number of anilines is 2. The molecule has 7 heteroatoms. The molecule has 1 heterocycles. The Morgan fingerprint density at radius 2 is 1.47 bits per heavy atom. The molecule has 1 aromatic heterocycles. The van der Waals surface area contributed by atoms with Crippen LogP contribution in [0.5, 0.6) is 17.2 Å². The Morgan fingerprint density at radius 1 is 0.895 bits per heavy atom. The van der Waals surface area contributed by atoms with Crippen molar-refractivity contribution in [1.29, 1.82) is 0 Å². The molecule has 0 atom stereocenters. The average Bonchev–Trinajstić information content (AvgIpc) is 2.47. The zero-order valence-electron chi connectivity index (χ0n) is 10.9. The van der Waals surface area contributed by atoms with Gasteiger partial charge in [0.1, 0.15) is 12.7 Å². The lowest BCUT2D eigenvalue weighted by atomic mass is 10.2. The molecule has 1 aromatic carbocycles. The van der Waals surface area contributed by atoms with Crippen LogP contribution in [0.15, 0.2) is 24.8 Å². The SMILES string of the molecule is COc1cc(Nc2ncncn2)cc(OC)c1OC. The third-order valence-electron chi connectivity index (χ3n) is 2.41. The molecule has 0 bridgehead atoms. The van der Waals surface area contributed by atoms with E-state index >= 15 is 0 Å². The Bertz CT molecular complexity index is 523. The summed E-state index contributed by atoms with van der Waals surface area (Å²) in [6, 6.07) is 3.54. The molecule has 0 aliphatic heterocycles. The van der Waals surface area contributed by atoms with E-state index in [9.17, 15) is 0 Å². The lowest BCUT2D eigenvalue weighted by Gasteiger charge is -2.14. The van der Waals surface area contributed by atoms with Gasteiger partial charge in [-0.2, -0.15) is 0 Å². The van der Waals surface area contributed by atoms with Gasteiger partial charge in [0, 0.05) is 17.8 Å². The summed E-state index contributed by atoms with van der Waals surface area (Å²) in [5, 5.41) is 3.03. The van der Waals surface area contributed by atoms with E-state index in [0.29, 0.717) is 23.2 Å². The molecule has 0 saturated carbocycles. The molecular weight excluding hydrogens is 248 g/mol. The highest BCUT2D eigenvalue weighted by Gasteiger charge is 2.13. The molecule has 7 nitrogen and oxygen atoms in total. The van der Waals surface area contributed by atoms with E-state index in [4.69, 9.17) is 14.2 Å². The Kier molecular flexibility index (Phi) is 3.97. The minimum Gasteiger partial charge on any atom is -0.493 e. The van der Waals surface area contributed by atoms with Gasteiger partial charge in [-0.3, -0.25) is 0 Å². The Labute approximate surface area is 110 Å². The van der Waals surface area contributed by atoms with Crippen LogP contribution in [-0.4, -0.2) is 36.3 Å². The number of methoxy groups -OCH3 is 3. The summed E-state index contributed by atoms with van der Waals surface area (Å²) in [5.41, 5.74) is 0.723. The average molecular weight is 262 g/mol. The van der Waals surface area contributed by atoms with Gasteiger partial charge in [0.2, 0.25) is 11.7 Å². The van der Waals surface area contributed by atoms with Crippen molar-refractivity contribution in [2.24, 2.45) is 0 Å². The highest BCUT2D eigenvalue weighted by atomic mass is 16.5. The normalized spacial score (nSPS) is 9.84. The fourth-order valence-electron chi connectivity index (χ4n) is 1.59. The summed E-state index contributed by atoms with van der Waals surface area (Å²) in [7, 11) is 4.67. The summed E-state index contributed by atoms with van der Waals surface area (Å²) in [4.78, 5) is 11.7. The third kappa shape index (κ3) is 2.82. The molecule has 0 spiro atoms. The van der Waals surface area contributed by atoms with E-state index in [1.165, 1.54) is 12.7 Å². The van der Waals surface area contributed by atoms with Crippen molar-refractivity contribution in [3.05, 3.63) is 24.8 Å². The first kappa shape index (κ1) is 12.9. The smallest absolute Gasteiger partial charge is 0.230 e. The second-order valence-electron chi connectivity index (χ2n) is 3.50. The second kappa shape index (κ2) is 5.85. The lowest BCUT2D eigenvalue weighted by molar-refractivity contribution is 0.324. The Hall–Kier alpha value is -2.57. The van der Waals surface area contributed by atoms with Crippen molar-refractivity contribution >= 4 is 11.6 Å². The molecule has 2 rings (SSSR count). The van der Waals surface area contributed by atoms with Crippen LogP contribution in [0.2, 0.25) is 0 Å². The van der Waals surface area contributed by atoms with Crippen LogP contribution in [0.3, 0.4) is 0 Å². The van der Waals surface area contributed by atoms with E-state index in [1.54, 1.807) is 33.5 Å². The van der Waals surface area contributed by atoms with Crippen molar-refractivity contribution < 1.29 is 14.2 Å². The minimum absolute atomic E-state index is 0.435. The maximum Gasteiger partial charge on any atom is 0.230 e. The first-order valence-electron chi connectivity index (χ1n) is 5.47. The number of nitrogens with one attached hydrogen (secondary N) is 1. The van der Waals surface area contributed by atoms with E-state index in [0.717, 1.165) is 5.69 Å². The zero-order chi connectivity index (χ0) is 13.7. The third-order valence-corrected chi connectivity index (χ3v) is 2.41. The maximum absolute atomic E-state index is 5.26. The van der Waals surface area contributed by atoms with Crippen LogP contribution in [-0.2, 0) is 0 Å². The fourth-order valence-corrected chi connectivity index (χ4v) is 1.59. The predicted octanol–water partition coefficient (Wildman–Crippen LogP) is 1.64. The molecule has 0 aliphatic rings. The van der Waals surface area contributed by atoms with E-state index in [-0.39, 0.29) is 0 Å². The van der Waals surface area contributed by atoms with Crippen molar-refractivity contribution in [2.75, 3.05) is 26.6 Å². The van der Waals surface area contributed by atoms with Gasteiger partial charge in [0.15, 0.2) is 11.5 Å². The lowest BCUT2D eigenvalue weighted by Crippen LogP contribution is -2.00. The molecule has 100 valence electrons. The predicted molar refractivity (Wildman–Crippen MR) is 69.2 cm³/mol. The highest BCUT2D eigenvalue weighted by molar-refractivity contribution is 5.65. The summed E-state index contributed by atoms with van der Waals surface area (Å²) in [6.07, 6.45) is 2.82. The van der Waals surface area contributed by atoms with Gasteiger partial charge in [0.25, 0.3) is 0 Å². The number of hydrogen-bond donors (Lipinski definition) is 1. The summed E-state index contributed by atoms with van der Waals surface area (Å²) >= 11 is 0. The van der Waals surface area contributed by atoms with Crippen molar-refractivity contribution in [3.8, 4) is 17.2 Å². The van der Waals surface area contributed by atoms with Crippen LogP contribution < -0.4 is 19.5 Å². The Morgan fingerprint density at radius 3 is 1.95 bits per heavy atom. The summed E-state index contributed by atoms with van der Waals surface area (Å²) in [6.45, 7) is 0. The number of nitrogens with zero attached hydrogens (tertiary/aromatic N) is 3. The van der Waals surface area contributed by atoms with Gasteiger partial charge in [-0.15, -0.1) is 0 Å².